The Morgan fingerprint density at radius 3 is 2.77 bits per heavy atom. The van der Waals surface area contributed by atoms with Crippen LogP contribution in [0.4, 0.5) is 20.3 Å². The third-order valence-corrected chi connectivity index (χ3v) is 7.05. The van der Waals surface area contributed by atoms with Crippen LogP contribution in [0.3, 0.4) is 0 Å². The average molecular weight is 459 g/mol. The first-order chi connectivity index (χ1) is 14.1. The number of nitrogens with two attached hydrogens (primary N) is 1. The number of hydrogen-bond acceptors (Lipinski definition) is 5. The Morgan fingerprint density at radius 1 is 1.30 bits per heavy atom. The Labute approximate surface area is 180 Å². The predicted molar refractivity (Wildman–Crippen MR) is 114 cm³/mol. The molecule has 3 rings (SSSR count). The molecule has 0 spiro atoms. The average Bonchev–Trinajstić information content (AvgIpc) is 3.05. The number of sulfonamides is 1. The fraction of sp³-hybridized carbons (Fsp3) is 0.450. The molecule has 0 saturated carbocycles. The van der Waals surface area contributed by atoms with Crippen molar-refractivity contribution in [3.8, 4) is 0 Å². The van der Waals surface area contributed by atoms with Gasteiger partial charge in [-0.25, -0.2) is 17.8 Å². The quantitative estimate of drug-likeness (QED) is 0.458. The molecule has 1 fully saturated rings. The summed E-state index contributed by atoms with van der Waals surface area (Å²) in [6, 6.07) is 5.86. The number of nitrogens with one attached hydrogen (secondary N) is 1. The van der Waals surface area contributed by atoms with Crippen LogP contribution >= 0.6 is 11.6 Å². The third kappa shape index (κ3) is 5.19. The summed E-state index contributed by atoms with van der Waals surface area (Å²) in [5.74, 6) is -2.04. The van der Waals surface area contributed by atoms with Gasteiger partial charge in [-0.15, -0.1) is 0 Å². The maximum Gasteiger partial charge on any atom is 0.266 e. The molecule has 164 valence electrons. The number of aromatic nitrogens is 1. The van der Waals surface area contributed by atoms with E-state index in [0.717, 1.165) is 43.9 Å². The van der Waals surface area contributed by atoms with Gasteiger partial charge in [0.15, 0.2) is 0 Å². The summed E-state index contributed by atoms with van der Waals surface area (Å²) in [5, 5.41) is 0.134. The first-order valence-electron chi connectivity index (χ1n) is 9.73. The van der Waals surface area contributed by atoms with E-state index >= 15 is 0 Å². The van der Waals surface area contributed by atoms with Gasteiger partial charge in [0.1, 0.15) is 16.5 Å². The molecule has 1 aromatic carbocycles. The van der Waals surface area contributed by atoms with Crippen molar-refractivity contribution in [3.05, 3.63) is 47.1 Å². The number of benzene rings is 1. The molecule has 30 heavy (non-hydrogen) atoms. The molecule has 0 radical (unpaired) electrons. The van der Waals surface area contributed by atoms with Gasteiger partial charge in [0.2, 0.25) is 5.95 Å². The summed E-state index contributed by atoms with van der Waals surface area (Å²) in [6.45, 7) is 4.25. The van der Waals surface area contributed by atoms with E-state index in [1.54, 1.807) is 0 Å². The molecule has 0 aliphatic carbocycles. The van der Waals surface area contributed by atoms with Gasteiger partial charge >= 0.3 is 0 Å². The summed E-state index contributed by atoms with van der Waals surface area (Å²) in [7, 11) is -4.33. The lowest BCUT2D eigenvalue weighted by molar-refractivity contribution is 0.325. The second kappa shape index (κ2) is 9.03. The van der Waals surface area contributed by atoms with Gasteiger partial charge < -0.3 is 10.6 Å². The number of rotatable bonds is 8. The zero-order chi connectivity index (χ0) is 21.9. The van der Waals surface area contributed by atoms with Gasteiger partial charge in [0.25, 0.3) is 10.0 Å². The van der Waals surface area contributed by atoms with E-state index in [2.05, 4.69) is 16.6 Å². The number of unbranched alkanes of at least 4 members (excludes halogenated alkanes) is 1. The Balaban J connectivity index is 1.80. The van der Waals surface area contributed by atoms with Crippen molar-refractivity contribution in [2.45, 2.75) is 37.5 Å². The van der Waals surface area contributed by atoms with Crippen LogP contribution in [0, 0.1) is 17.2 Å². The van der Waals surface area contributed by atoms with Crippen molar-refractivity contribution in [3.63, 3.8) is 0 Å². The Bertz CT molecular complexity index is 1020. The van der Waals surface area contributed by atoms with Crippen LogP contribution in [-0.2, 0) is 10.0 Å². The van der Waals surface area contributed by atoms with E-state index in [9.17, 15) is 17.2 Å². The van der Waals surface area contributed by atoms with Crippen molar-refractivity contribution in [1.29, 1.82) is 0 Å². The standard InChI is InChI=1S/C20H25ClF2N4O2S/c1-20(7-2-3-9-24)8-10-27(13-20)16-12-15(22)17(11-14(16)21)30(28,29)26-19-6-4-5-18(23)25-19/h4-6,11-12H,2-3,7-10,13,24H2,1H3,(H,25,26)/t20-/m1/s1. The largest absolute Gasteiger partial charge is 0.370 e. The molecule has 1 aliphatic heterocycles. The number of anilines is 2. The highest BCUT2D eigenvalue weighted by atomic mass is 35.5. The molecule has 10 heteroatoms. The van der Waals surface area contributed by atoms with Crippen LogP contribution in [0.1, 0.15) is 32.6 Å². The molecule has 0 amide bonds. The summed E-state index contributed by atoms with van der Waals surface area (Å²) < 4.78 is 55.2. The smallest absolute Gasteiger partial charge is 0.266 e. The van der Waals surface area contributed by atoms with Crippen LogP contribution in [0.2, 0.25) is 5.02 Å². The van der Waals surface area contributed by atoms with Gasteiger partial charge in [-0.1, -0.05) is 31.0 Å². The molecule has 0 bridgehead atoms. The van der Waals surface area contributed by atoms with Crippen LogP contribution < -0.4 is 15.4 Å². The third-order valence-electron chi connectivity index (χ3n) is 5.38. The maximum absolute atomic E-state index is 14.8. The van der Waals surface area contributed by atoms with Gasteiger partial charge in [-0.3, -0.25) is 4.72 Å². The lowest BCUT2D eigenvalue weighted by Gasteiger charge is -2.26. The van der Waals surface area contributed by atoms with Crippen LogP contribution in [0.5, 0.6) is 0 Å². The van der Waals surface area contributed by atoms with Crippen molar-refractivity contribution >= 4 is 33.1 Å². The first kappa shape index (κ1) is 22.7. The number of hydrogen-bond donors (Lipinski definition) is 2. The molecule has 0 unspecified atom stereocenters. The normalized spacial score (nSPS) is 19.3. The lowest BCUT2D eigenvalue weighted by Crippen LogP contribution is -2.25. The minimum absolute atomic E-state index is 0.0737. The van der Waals surface area contributed by atoms with E-state index in [4.69, 9.17) is 17.3 Å². The highest BCUT2D eigenvalue weighted by molar-refractivity contribution is 7.92. The molecule has 1 saturated heterocycles. The van der Waals surface area contributed by atoms with E-state index < -0.39 is 26.7 Å². The Hall–Kier alpha value is -1.97. The summed E-state index contributed by atoms with van der Waals surface area (Å²) in [4.78, 5) is 4.79. The van der Waals surface area contributed by atoms with E-state index in [1.807, 2.05) is 4.90 Å². The first-order valence-corrected chi connectivity index (χ1v) is 11.6. The molecular weight excluding hydrogens is 434 g/mol. The van der Waals surface area contributed by atoms with E-state index in [-0.39, 0.29) is 16.3 Å². The summed E-state index contributed by atoms with van der Waals surface area (Å²) >= 11 is 6.34. The zero-order valence-corrected chi connectivity index (χ0v) is 18.2. The lowest BCUT2D eigenvalue weighted by atomic mass is 9.84. The SMILES string of the molecule is C[C@@]1(CCCCN)CCN(c2cc(F)c(S(=O)(=O)Nc3cccc(F)n3)cc2Cl)C1. The Morgan fingerprint density at radius 2 is 2.07 bits per heavy atom. The van der Waals surface area contributed by atoms with Gasteiger partial charge in [0.05, 0.1) is 10.7 Å². The number of pyridine rings is 1. The number of halogens is 3. The highest BCUT2D eigenvalue weighted by Gasteiger charge is 2.35. The molecule has 6 nitrogen and oxygen atoms in total. The fourth-order valence-electron chi connectivity index (χ4n) is 3.75. The molecule has 1 aliphatic rings. The molecule has 1 aromatic heterocycles. The van der Waals surface area contributed by atoms with Crippen LogP contribution in [0.25, 0.3) is 0 Å². The fourth-order valence-corrected chi connectivity index (χ4v) is 5.19. The highest BCUT2D eigenvalue weighted by Crippen LogP contribution is 2.40. The van der Waals surface area contributed by atoms with Crippen molar-refractivity contribution in [2.24, 2.45) is 11.1 Å². The summed E-state index contributed by atoms with van der Waals surface area (Å²) in [6.07, 6.45) is 3.94. The van der Waals surface area contributed by atoms with Gasteiger partial charge in [-0.2, -0.15) is 4.39 Å². The van der Waals surface area contributed by atoms with Crippen LogP contribution in [0.15, 0.2) is 35.2 Å². The maximum atomic E-state index is 14.8. The topological polar surface area (TPSA) is 88.3 Å². The molecule has 2 aromatic rings. The number of nitrogens with zero attached hydrogens (tertiary/aromatic N) is 2. The van der Waals surface area contributed by atoms with Gasteiger partial charge in [-0.05, 0) is 49.4 Å². The minimum atomic E-state index is -4.33. The predicted octanol–water partition coefficient (Wildman–Crippen LogP) is 4.16. The second-order valence-corrected chi connectivity index (χ2v) is 9.97. The summed E-state index contributed by atoms with van der Waals surface area (Å²) in [5.41, 5.74) is 6.10. The minimum Gasteiger partial charge on any atom is -0.370 e. The second-order valence-electron chi connectivity index (χ2n) is 7.91. The van der Waals surface area contributed by atoms with E-state index in [0.29, 0.717) is 25.3 Å². The Kier molecular flexibility index (Phi) is 6.84. The molecular formula is C20H25ClF2N4O2S. The van der Waals surface area contributed by atoms with Crippen molar-refractivity contribution in [2.75, 3.05) is 29.3 Å². The monoisotopic (exact) mass is 458 g/mol. The van der Waals surface area contributed by atoms with Crippen LogP contribution in [-0.4, -0.2) is 33.0 Å². The van der Waals surface area contributed by atoms with Gasteiger partial charge in [0, 0.05) is 19.2 Å². The van der Waals surface area contributed by atoms with E-state index in [1.165, 1.54) is 12.1 Å². The molecule has 1 atom stereocenters. The molecule has 3 N–H and O–H groups in total. The zero-order valence-electron chi connectivity index (χ0n) is 16.7. The van der Waals surface area contributed by atoms with Crippen molar-refractivity contribution in [1.82, 2.24) is 4.98 Å². The van der Waals surface area contributed by atoms with Crippen molar-refractivity contribution < 1.29 is 17.2 Å². The molecule has 2 heterocycles.